The van der Waals surface area contributed by atoms with Crippen molar-refractivity contribution in [2.75, 3.05) is 11.9 Å². The van der Waals surface area contributed by atoms with Crippen LogP contribution < -0.4 is 5.32 Å². The molecular weight excluding hydrogens is 399 g/mol. The van der Waals surface area contributed by atoms with Gasteiger partial charge in [0.2, 0.25) is 0 Å². The van der Waals surface area contributed by atoms with Crippen LogP contribution in [0.1, 0.15) is 37.3 Å². The Morgan fingerprint density at radius 3 is 2.39 bits per heavy atom. The summed E-state index contributed by atoms with van der Waals surface area (Å²) in [7, 11) is 0. The van der Waals surface area contributed by atoms with Gasteiger partial charge in [0.05, 0.1) is 12.6 Å². The molecule has 0 atom stereocenters. The number of para-hydroxylation sites is 1. The number of esters is 1. The molecule has 0 saturated carbocycles. The Morgan fingerprint density at radius 1 is 1.06 bits per heavy atom. The van der Waals surface area contributed by atoms with Crippen LogP contribution in [0.25, 0.3) is 11.3 Å². The lowest BCUT2D eigenvalue weighted by atomic mass is 10.0. The number of rotatable bonds is 9. The van der Waals surface area contributed by atoms with Crippen LogP contribution in [0.15, 0.2) is 53.1 Å². The summed E-state index contributed by atoms with van der Waals surface area (Å²) in [5, 5.41) is 2.86. The van der Waals surface area contributed by atoms with Gasteiger partial charge in [0.15, 0.2) is 18.3 Å². The minimum atomic E-state index is -0.517. The summed E-state index contributed by atoms with van der Waals surface area (Å²) >= 11 is 0. The van der Waals surface area contributed by atoms with Crippen LogP contribution in [0, 0.1) is 5.82 Å². The third-order valence-corrected chi connectivity index (χ3v) is 4.85. The number of hydrogen-bond donors (Lipinski definition) is 1. The van der Waals surface area contributed by atoms with E-state index in [-0.39, 0.29) is 31.2 Å². The lowest BCUT2D eigenvalue weighted by molar-refractivity contribution is -0.147. The number of benzene rings is 2. The van der Waals surface area contributed by atoms with Gasteiger partial charge < -0.3 is 14.5 Å². The molecule has 2 aromatic carbocycles. The first-order valence-electron chi connectivity index (χ1n) is 10.3. The molecule has 0 bridgehead atoms. The molecule has 31 heavy (non-hydrogen) atoms. The Kier molecular flexibility index (Phi) is 7.54. The number of oxazole rings is 1. The van der Waals surface area contributed by atoms with Gasteiger partial charge in [-0.1, -0.05) is 32.0 Å². The smallest absolute Gasteiger partial charge is 0.306 e. The van der Waals surface area contributed by atoms with Gasteiger partial charge in [0.1, 0.15) is 5.82 Å². The van der Waals surface area contributed by atoms with Crippen LogP contribution >= 0.6 is 0 Å². The van der Waals surface area contributed by atoms with Crippen LogP contribution in [0.3, 0.4) is 0 Å². The minimum Gasteiger partial charge on any atom is -0.456 e. The quantitative estimate of drug-likeness (QED) is 0.503. The van der Waals surface area contributed by atoms with Crippen LogP contribution in [-0.2, 0) is 33.6 Å². The number of halogens is 1. The Hall–Kier alpha value is -3.48. The molecule has 0 radical (unpaired) electrons. The molecule has 7 heteroatoms. The van der Waals surface area contributed by atoms with E-state index in [0.29, 0.717) is 17.2 Å². The highest BCUT2D eigenvalue weighted by Crippen LogP contribution is 2.23. The van der Waals surface area contributed by atoms with Crippen molar-refractivity contribution >= 4 is 17.6 Å². The summed E-state index contributed by atoms with van der Waals surface area (Å²) in [4.78, 5) is 28.4. The van der Waals surface area contributed by atoms with Crippen LogP contribution in [0.4, 0.5) is 10.1 Å². The number of nitrogens with zero attached hydrogens (tertiary/aromatic N) is 1. The molecule has 1 heterocycles. The van der Waals surface area contributed by atoms with Crippen molar-refractivity contribution in [3.63, 3.8) is 0 Å². The molecule has 1 N–H and O–H groups in total. The number of amides is 1. The summed E-state index contributed by atoms with van der Waals surface area (Å²) < 4.78 is 23.7. The molecule has 6 nitrogen and oxygen atoms in total. The van der Waals surface area contributed by atoms with Gasteiger partial charge in [-0.15, -0.1) is 0 Å². The van der Waals surface area contributed by atoms with E-state index in [9.17, 15) is 14.0 Å². The number of ether oxygens (including phenoxy) is 1. The Bertz CT molecular complexity index is 1020. The number of carbonyl (C=O) groups is 2. The molecule has 3 rings (SSSR count). The van der Waals surface area contributed by atoms with E-state index >= 15 is 0 Å². The fraction of sp³-hybridized carbons (Fsp3) is 0.292. The van der Waals surface area contributed by atoms with E-state index in [1.165, 1.54) is 18.3 Å². The number of aryl methyl sites for hydroxylation is 3. The predicted octanol–water partition coefficient (Wildman–Crippen LogP) is 4.72. The predicted molar refractivity (Wildman–Crippen MR) is 115 cm³/mol. The molecule has 0 saturated heterocycles. The molecule has 0 aliphatic heterocycles. The molecule has 0 unspecified atom stereocenters. The summed E-state index contributed by atoms with van der Waals surface area (Å²) in [5.41, 5.74) is 3.57. The highest BCUT2D eigenvalue weighted by atomic mass is 19.1. The Morgan fingerprint density at radius 2 is 1.74 bits per heavy atom. The first-order valence-corrected chi connectivity index (χ1v) is 10.3. The van der Waals surface area contributed by atoms with Crippen molar-refractivity contribution in [1.82, 2.24) is 4.98 Å². The van der Waals surface area contributed by atoms with Gasteiger partial charge in [-0.25, -0.2) is 9.37 Å². The zero-order valence-electron chi connectivity index (χ0n) is 17.6. The average molecular weight is 424 g/mol. The van der Waals surface area contributed by atoms with Crippen molar-refractivity contribution in [3.05, 3.63) is 71.5 Å². The molecule has 3 aromatic rings. The minimum absolute atomic E-state index is 0.0302. The van der Waals surface area contributed by atoms with Gasteiger partial charge in [0, 0.05) is 17.7 Å². The zero-order chi connectivity index (χ0) is 22.2. The highest BCUT2D eigenvalue weighted by molar-refractivity contribution is 5.94. The number of carbonyl (C=O) groups excluding carboxylic acids is 2. The third-order valence-electron chi connectivity index (χ3n) is 4.85. The largest absolute Gasteiger partial charge is 0.456 e. The normalized spacial score (nSPS) is 10.7. The number of hydrogen-bond acceptors (Lipinski definition) is 5. The van der Waals surface area contributed by atoms with Crippen molar-refractivity contribution in [3.8, 4) is 11.3 Å². The van der Waals surface area contributed by atoms with E-state index < -0.39 is 5.97 Å². The van der Waals surface area contributed by atoms with E-state index in [1.807, 2.05) is 32.0 Å². The fourth-order valence-electron chi connectivity index (χ4n) is 3.18. The first kappa shape index (κ1) is 22.2. The molecule has 0 spiro atoms. The maximum atomic E-state index is 13.0. The van der Waals surface area contributed by atoms with Crippen LogP contribution in [0.5, 0.6) is 0 Å². The Labute approximate surface area is 180 Å². The summed E-state index contributed by atoms with van der Waals surface area (Å²) in [6, 6.07) is 11.8. The van der Waals surface area contributed by atoms with Gasteiger partial charge in [-0.05, 0) is 48.2 Å². The maximum Gasteiger partial charge on any atom is 0.306 e. The van der Waals surface area contributed by atoms with Gasteiger partial charge in [0.25, 0.3) is 5.91 Å². The second-order valence-electron chi connectivity index (χ2n) is 6.99. The van der Waals surface area contributed by atoms with E-state index in [4.69, 9.17) is 9.15 Å². The molecule has 1 amide bonds. The molecule has 162 valence electrons. The van der Waals surface area contributed by atoms with Crippen LogP contribution in [0.2, 0.25) is 0 Å². The number of nitrogens with one attached hydrogen (secondary N) is 1. The first-order chi connectivity index (χ1) is 15.0. The summed E-state index contributed by atoms with van der Waals surface area (Å²) in [6.07, 6.45) is 3.37. The molecular formula is C24H25FN2O4. The van der Waals surface area contributed by atoms with Crippen LogP contribution in [-0.4, -0.2) is 23.5 Å². The number of anilines is 1. The Balaban J connectivity index is 1.48. The van der Waals surface area contributed by atoms with Crippen molar-refractivity contribution in [1.29, 1.82) is 0 Å². The molecule has 0 aliphatic carbocycles. The lowest BCUT2D eigenvalue weighted by Crippen LogP contribution is -2.22. The second-order valence-corrected chi connectivity index (χ2v) is 6.99. The molecule has 0 fully saturated rings. The standard InChI is InChI=1S/C24H25FN2O4/c1-3-16-6-5-7-17(4-2)24(16)27-21(28)15-30-23(29)13-12-22-26-14-20(31-22)18-8-10-19(25)11-9-18/h5-11,14H,3-4,12-13,15H2,1-2H3,(H,27,28). The highest BCUT2D eigenvalue weighted by Gasteiger charge is 2.14. The van der Waals surface area contributed by atoms with Crippen molar-refractivity contribution < 1.29 is 23.1 Å². The van der Waals surface area contributed by atoms with Gasteiger partial charge in [-0.3, -0.25) is 9.59 Å². The monoisotopic (exact) mass is 424 g/mol. The van der Waals surface area contributed by atoms with E-state index in [2.05, 4.69) is 10.3 Å². The summed E-state index contributed by atoms with van der Waals surface area (Å²) in [6.45, 7) is 3.69. The third kappa shape index (κ3) is 6.01. The molecule has 1 aromatic heterocycles. The fourth-order valence-corrected chi connectivity index (χ4v) is 3.18. The van der Waals surface area contributed by atoms with Crippen molar-refractivity contribution in [2.24, 2.45) is 0 Å². The number of aromatic nitrogens is 1. The van der Waals surface area contributed by atoms with E-state index in [1.54, 1.807) is 12.1 Å². The van der Waals surface area contributed by atoms with Gasteiger partial charge >= 0.3 is 5.97 Å². The summed E-state index contributed by atoms with van der Waals surface area (Å²) in [5.74, 6) is -0.372. The topological polar surface area (TPSA) is 81.4 Å². The second kappa shape index (κ2) is 10.5. The van der Waals surface area contributed by atoms with Crippen molar-refractivity contribution in [2.45, 2.75) is 39.5 Å². The maximum absolute atomic E-state index is 13.0. The molecule has 0 aliphatic rings. The SMILES string of the molecule is CCc1cccc(CC)c1NC(=O)COC(=O)CCc1ncc(-c2ccc(F)cc2)o1. The average Bonchev–Trinajstić information content (AvgIpc) is 3.26. The van der Waals surface area contributed by atoms with Gasteiger partial charge in [-0.2, -0.15) is 0 Å². The lowest BCUT2D eigenvalue weighted by Gasteiger charge is -2.14. The van der Waals surface area contributed by atoms with E-state index in [0.717, 1.165) is 29.7 Å². The zero-order valence-corrected chi connectivity index (χ0v) is 17.6.